The van der Waals surface area contributed by atoms with Crippen LogP contribution in [0.2, 0.25) is 0 Å². The van der Waals surface area contributed by atoms with Gasteiger partial charge in [-0.2, -0.15) is 14.9 Å². The van der Waals surface area contributed by atoms with E-state index in [1.165, 1.54) is 0 Å². The van der Waals surface area contributed by atoms with Gasteiger partial charge in [0.05, 0.1) is 11.4 Å². The second kappa shape index (κ2) is 25.1. The lowest BCUT2D eigenvalue weighted by Crippen LogP contribution is -2.55. The van der Waals surface area contributed by atoms with Gasteiger partial charge in [0.1, 0.15) is 22.8 Å². The molecule has 0 aliphatic carbocycles. The summed E-state index contributed by atoms with van der Waals surface area (Å²) in [5.74, 6) is -0.620. The molecule has 58 heavy (non-hydrogen) atoms. The summed E-state index contributed by atoms with van der Waals surface area (Å²) in [6.45, 7) is 27.5. The second-order valence-corrected chi connectivity index (χ2v) is 10.7. The molecule has 0 amide bonds. The number of H-pyrrole nitrogens is 1. The molecule has 4 aromatic carbocycles. The Kier molecular flexibility index (Phi) is 20.7. The predicted octanol–water partition coefficient (Wildman–Crippen LogP) is 14.0. The lowest BCUT2D eigenvalue weighted by atomic mass is 10.3. The van der Waals surface area contributed by atoms with Crippen LogP contribution in [0.4, 0.5) is 22.7 Å². The lowest BCUT2D eigenvalue weighted by molar-refractivity contribution is -0.665. The van der Waals surface area contributed by atoms with Gasteiger partial charge in [-0.3, -0.25) is 0 Å². The maximum absolute atomic E-state index is 6.91. The number of fused-ring (bicyclic) bond motifs is 4. The van der Waals surface area contributed by atoms with E-state index in [-0.39, 0.29) is 12.5 Å². The molecule has 1 spiro atoms. The zero-order valence-corrected chi connectivity index (χ0v) is 36.9. The van der Waals surface area contributed by atoms with Crippen molar-refractivity contribution < 1.29 is 23.6 Å². The van der Waals surface area contributed by atoms with E-state index in [0.29, 0.717) is 51.5 Å². The van der Waals surface area contributed by atoms with Gasteiger partial charge in [-0.15, -0.1) is 20.5 Å². The number of benzene rings is 4. The van der Waals surface area contributed by atoms with Crippen molar-refractivity contribution in [3.05, 3.63) is 121 Å². The maximum Gasteiger partial charge on any atom is 0.459 e. The molecule has 2 aliphatic rings. The van der Waals surface area contributed by atoms with E-state index >= 15 is 0 Å². The summed E-state index contributed by atoms with van der Waals surface area (Å²) in [5, 5.41) is 26.5. The van der Waals surface area contributed by atoms with Crippen LogP contribution in [-0.4, -0.2) is 27.5 Å². The van der Waals surface area contributed by atoms with Gasteiger partial charge >= 0.3 is 11.9 Å². The van der Waals surface area contributed by atoms with Gasteiger partial charge in [-0.05, 0) is 54.9 Å². The fraction of sp³-hybridized carbons (Fsp3) is 0.348. The van der Waals surface area contributed by atoms with Crippen LogP contribution in [0.15, 0.2) is 130 Å². The Morgan fingerprint density at radius 2 is 1.05 bits per heavy atom. The summed E-state index contributed by atoms with van der Waals surface area (Å²) in [6.07, 6.45) is 0. The van der Waals surface area contributed by atoms with Crippen molar-refractivity contribution >= 4 is 22.7 Å². The molecule has 6 aromatic rings. The van der Waals surface area contributed by atoms with Gasteiger partial charge in [0.15, 0.2) is 11.4 Å². The Morgan fingerprint density at radius 3 is 1.66 bits per heavy atom. The third-order valence-corrected chi connectivity index (χ3v) is 7.46. The monoisotopic (exact) mass is 791 g/mol. The SMILES string of the molecule is CC.CC.CC.CC.CC.CC.Cc1nn(-c2ccccc2)c2c1N=Nc1ccccc1OCC1(Oc3ccccc3N=Nc3c(C)[nH][n+](-c4ccccc4)c3O1)O2. The van der Waals surface area contributed by atoms with Crippen LogP contribution in [0, 0.1) is 13.8 Å². The summed E-state index contributed by atoms with van der Waals surface area (Å²) in [4.78, 5) is 0. The quantitative estimate of drug-likeness (QED) is 0.175. The predicted molar refractivity (Wildman–Crippen MR) is 235 cm³/mol. The molecule has 1 atom stereocenters. The highest BCUT2D eigenvalue weighted by atomic mass is 16.9. The Bertz CT molecular complexity index is 2130. The van der Waals surface area contributed by atoms with Crippen LogP contribution in [0.1, 0.15) is 94.5 Å². The average molecular weight is 792 g/mol. The van der Waals surface area contributed by atoms with Crippen molar-refractivity contribution in [1.82, 2.24) is 14.9 Å². The largest absolute Gasteiger partial charge is 0.479 e. The van der Waals surface area contributed by atoms with Crippen LogP contribution < -0.4 is 23.6 Å². The Hall–Kier alpha value is -6.30. The number of aromatic amines is 1. The van der Waals surface area contributed by atoms with Crippen molar-refractivity contribution in [3.8, 4) is 34.6 Å². The Labute approximate surface area is 345 Å². The molecule has 0 radical (unpaired) electrons. The van der Waals surface area contributed by atoms with Crippen molar-refractivity contribution in [2.24, 2.45) is 20.5 Å². The smallest absolute Gasteiger partial charge is 0.459 e. The summed E-state index contributed by atoms with van der Waals surface area (Å²) < 4.78 is 30.4. The van der Waals surface area contributed by atoms with E-state index in [4.69, 9.17) is 24.0 Å². The number of rotatable bonds is 2. The Morgan fingerprint density at radius 1 is 0.552 bits per heavy atom. The molecule has 0 saturated carbocycles. The zero-order chi connectivity index (χ0) is 43.1. The number of nitrogens with zero attached hydrogens (tertiary/aromatic N) is 7. The molecule has 0 bridgehead atoms. The van der Waals surface area contributed by atoms with Crippen molar-refractivity contribution in [3.63, 3.8) is 0 Å². The number of nitrogens with one attached hydrogen (secondary N) is 1. The summed E-state index contributed by atoms with van der Waals surface area (Å²) in [5.41, 5.74) is 4.67. The molecule has 12 nitrogen and oxygen atoms in total. The molecule has 4 heterocycles. The lowest BCUT2D eigenvalue weighted by Gasteiger charge is -2.32. The first-order chi connectivity index (χ1) is 28.6. The van der Waals surface area contributed by atoms with E-state index in [1.807, 2.05) is 188 Å². The highest BCUT2D eigenvalue weighted by Crippen LogP contribution is 2.44. The molecule has 1 N–H and O–H groups in total. The molecular formula is C46H63N8O4+. The first-order valence-electron chi connectivity index (χ1n) is 20.6. The van der Waals surface area contributed by atoms with Crippen molar-refractivity contribution in [2.45, 2.75) is 103 Å². The molecule has 0 saturated heterocycles. The van der Waals surface area contributed by atoms with Gasteiger partial charge in [0.2, 0.25) is 18.0 Å². The average Bonchev–Trinajstić information content (AvgIpc) is 3.81. The molecule has 2 aromatic heterocycles. The minimum absolute atomic E-state index is 0.237. The second-order valence-electron chi connectivity index (χ2n) is 10.7. The molecule has 12 heteroatoms. The van der Waals surface area contributed by atoms with E-state index < -0.39 is 5.97 Å². The third-order valence-electron chi connectivity index (χ3n) is 7.46. The van der Waals surface area contributed by atoms with E-state index in [0.717, 1.165) is 11.4 Å². The zero-order valence-electron chi connectivity index (χ0n) is 36.9. The highest BCUT2D eigenvalue weighted by Gasteiger charge is 2.48. The van der Waals surface area contributed by atoms with Gasteiger partial charge < -0.3 is 18.9 Å². The van der Waals surface area contributed by atoms with Crippen LogP contribution >= 0.6 is 0 Å². The van der Waals surface area contributed by atoms with Crippen molar-refractivity contribution in [1.29, 1.82) is 0 Å². The molecule has 8 rings (SSSR count). The first-order valence-corrected chi connectivity index (χ1v) is 20.6. The number of ether oxygens (including phenoxy) is 4. The minimum atomic E-state index is -1.97. The molecule has 0 fully saturated rings. The number of para-hydroxylation sites is 4. The molecule has 310 valence electrons. The maximum atomic E-state index is 6.91. The number of aryl methyl sites for hydroxylation is 2. The van der Waals surface area contributed by atoms with Gasteiger partial charge in [0, 0.05) is 12.1 Å². The third kappa shape index (κ3) is 11.2. The number of azo groups is 2. The fourth-order valence-electron chi connectivity index (χ4n) is 5.23. The number of hydrogen-bond acceptors (Lipinski definition) is 9. The van der Waals surface area contributed by atoms with Gasteiger partial charge in [-0.25, -0.2) is 0 Å². The summed E-state index contributed by atoms with van der Waals surface area (Å²) in [6, 6.07) is 33.9. The Balaban J connectivity index is 0.000000890. The fourth-order valence-corrected chi connectivity index (χ4v) is 5.23. The van der Waals surface area contributed by atoms with Crippen LogP contribution in [0.25, 0.3) is 11.4 Å². The normalized spacial score (nSPS) is 13.8. The van der Waals surface area contributed by atoms with Crippen molar-refractivity contribution in [2.75, 3.05) is 6.61 Å². The number of hydrogen-bond donors (Lipinski definition) is 1. The van der Waals surface area contributed by atoms with Gasteiger partial charge in [-0.1, -0.05) is 144 Å². The van der Waals surface area contributed by atoms with Gasteiger partial charge in [0.25, 0.3) is 5.88 Å². The number of aromatic nitrogens is 4. The molecule has 2 aliphatic heterocycles. The minimum Gasteiger partial charge on any atom is -0.479 e. The molecular weight excluding hydrogens is 729 g/mol. The summed E-state index contributed by atoms with van der Waals surface area (Å²) in [7, 11) is 0. The first kappa shape index (κ1) is 47.9. The standard InChI is InChI=1S/C34H26N8O4.6C2H6/c1-22-30-32(41(39-22)24-13-5-3-6-14-24)45-34(21-43-28-19-11-9-17-26(28)35-37-30)44-29-20-12-10-18-27(29)36-38-31-23(2)40-42(33(31)46-34)25-15-7-4-8-16-25;6*1-2/h3-20H,21H2,1-2H3;6*1-2H3/p+1. The highest BCUT2D eigenvalue weighted by molar-refractivity contribution is 5.58. The van der Waals surface area contributed by atoms with Crippen LogP contribution in [0.3, 0.4) is 0 Å². The van der Waals surface area contributed by atoms with Crippen LogP contribution in [-0.2, 0) is 0 Å². The van der Waals surface area contributed by atoms with E-state index in [9.17, 15) is 0 Å². The van der Waals surface area contributed by atoms with E-state index in [2.05, 4.69) is 25.6 Å². The van der Waals surface area contributed by atoms with E-state index in [1.54, 1.807) is 27.6 Å². The van der Waals surface area contributed by atoms with Crippen LogP contribution in [0.5, 0.6) is 23.3 Å². The topological polar surface area (TPSA) is 124 Å². The summed E-state index contributed by atoms with van der Waals surface area (Å²) >= 11 is 0. The molecule has 1 unspecified atom stereocenters.